The van der Waals surface area contributed by atoms with Crippen LogP contribution in [-0.2, 0) is 6.61 Å². The predicted molar refractivity (Wildman–Crippen MR) is 109 cm³/mol. The van der Waals surface area contributed by atoms with Crippen LogP contribution in [0.15, 0.2) is 66.7 Å². The van der Waals surface area contributed by atoms with Gasteiger partial charge in [-0.05, 0) is 48.9 Å². The standard InChI is InChI=1S/C23H23NO4/c1-16-8-4-5-9-19(16)24-23(25)17-12-13-20(26-2)18(14-17)15-28-22-11-7-6-10-21(22)27-3/h4-14H,15H2,1-3H3,(H,24,25). The molecule has 3 aromatic carbocycles. The van der Waals surface area contributed by atoms with Crippen LogP contribution in [-0.4, -0.2) is 20.1 Å². The van der Waals surface area contributed by atoms with Crippen LogP contribution in [0.25, 0.3) is 0 Å². The summed E-state index contributed by atoms with van der Waals surface area (Å²) in [5.74, 6) is 1.74. The summed E-state index contributed by atoms with van der Waals surface area (Å²) in [6.07, 6.45) is 0. The van der Waals surface area contributed by atoms with Crippen molar-refractivity contribution in [1.29, 1.82) is 0 Å². The number of amides is 1. The fourth-order valence-corrected chi connectivity index (χ4v) is 2.83. The summed E-state index contributed by atoms with van der Waals surface area (Å²) in [6.45, 7) is 2.20. The molecule has 1 amide bonds. The van der Waals surface area contributed by atoms with Crippen molar-refractivity contribution in [3.8, 4) is 17.2 Å². The Morgan fingerprint density at radius 2 is 1.54 bits per heavy atom. The number of methoxy groups -OCH3 is 2. The van der Waals surface area contributed by atoms with Crippen molar-refractivity contribution in [2.24, 2.45) is 0 Å². The summed E-state index contributed by atoms with van der Waals surface area (Å²) in [4.78, 5) is 12.7. The zero-order valence-corrected chi connectivity index (χ0v) is 16.2. The molecule has 28 heavy (non-hydrogen) atoms. The number of para-hydroxylation sites is 3. The van der Waals surface area contributed by atoms with E-state index in [-0.39, 0.29) is 12.5 Å². The van der Waals surface area contributed by atoms with Crippen molar-refractivity contribution in [1.82, 2.24) is 0 Å². The quantitative estimate of drug-likeness (QED) is 0.640. The molecule has 5 heteroatoms. The lowest BCUT2D eigenvalue weighted by Crippen LogP contribution is -2.13. The minimum Gasteiger partial charge on any atom is -0.496 e. The van der Waals surface area contributed by atoms with E-state index in [4.69, 9.17) is 14.2 Å². The van der Waals surface area contributed by atoms with E-state index in [2.05, 4.69) is 5.32 Å². The highest BCUT2D eigenvalue weighted by Gasteiger charge is 2.13. The summed E-state index contributed by atoms with van der Waals surface area (Å²) in [7, 11) is 3.19. The SMILES string of the molecule is COc1ccc(C(=O)Nc2ccccc2C)cc1COc1ccccc1OC. The Balaban J connectivity index is 1.79. The normalized spacial score (nSPS) is 10.2. The first-order valence-corrected chi connectivity index (χ1v) is 8.92. The molecule has 0 saturated carbocycles. The Bertz CT molecular complexity index is 968. The first kappa shape index (κ1) is 19.3. The van der Waals surface area contributed by atoms with E-state index in [1.165, 1.54) is 0 Å². The smallest absolute Gasteiger partial charge is 0.255 e. The second-order valence-corrected chi connectivity index (χ2v) is 6.24. The molecule has 0 aliphatic heterocycles. The van der Waals surface area contributed by atoms with Crippen molar-refractivity contribution in [3.63, 3.8) is 0 Å². The van der Waals surface area contributed by atoms with Gasteiger partial charge in [0.05, 0.1) is 14.2 Å². The largest absolute Gasteiger partial charge is 0.496 e. The fourth-order valence-electron chi connectivity index (χ4n) is 2.83. The number of hydrogen-bond acceptors (Lipinski definition) is 4. The number of ether oxygens (including phenoxy) is 3. The predicted octanol–water partition coefficient (Wildman–Crippen LogP) is 4.84. The van der Waals surface area contributed by atoms with E-state index < -0.39 is 0 Å². The molecule has 144 valence electrons. The van der Waals surface area contributed by atoms with Gasteiger partial charge in [0.15, 0.2) is 11.5 Å². The van der Waals surface area contributed by atoms with Crippen LogP contribution >= 0.6 is 0 Å². The zero-order chi connectivity index (χ0) is 19.9. The van der Waals surface area contributed by atoms with Crippen molar-refractivity contribution >= 4 is 11.6 Å². The molecule has 0 spiro atoms. The molecular formula is C23H23NO4. The number of carbonyl (C=O) groups is 1. The molecule has 0 saturated heterocycles. The first-order valence-electron chi connectivity index (χ1n) is 8.92. The molecule has 0 atom stereocenters. The maximum Gasteiger partial charge on any atom is 0.255 e. The van der Waals surface area contributed by atoms with Gasteiger partial charge in [0.25, 0.3) is 5.91 Å². The third kappa shape index (κ3) is 4.43. The molecule has 0 aliphatic rings. The monoisotopic (exact) mass is 377 g/mol. The number of nitrogens with one attached hydrogen (secondary N) is 1. The van der Waals surface area contributed by atoms with E-state index in [0.717, 1.165) is 16.8 Å². The third-order valence-corrected chi connectivity index (χ3v) is 4.39. The topological polar surface area (TPSA) is 56.8 Å². The highest BCUT2D eigenvalue weighted by Crippen LogP contribution is 2.29. The summed E-state index contributed by atoms with van der Waals surface area (Å²) in [5.41, 5.74) is 3.09. The van der Waals surface area contributed by atoms with Crippen molar-refractivity contribution < 1.29 is 19.0 Å². The van der Waals surface area contributed by atoms with Crippen LogP contribution in [0.2, 0.25) is 0 Å². The highest BCUT2D eigenvalue weighted by molar-refractivity contribution is 6.04. The van der Waals surface area contributed by atoms with Crippen LogP contribution in [0.1, 0.15) is 21.5 Å². The summed E-state index contributed by atoms with van der Waals surface area (Å²) in [5, 5.41) is 2.94. The van der Waals surface area contributed by atoms with Crippen LogP contribution in [0.3, 0.4) is 0 Å². The summed E-state index contributed by atoms with van der Waals surface area (Å²) >= 11 is 0. The molecule has 1 N–H and O–H groups in total. The Morgan fingerprint density at radius 1 is 0.857 bits per heavy atom. The first-order chi connectivity index (χ1) is 13.6. The van der Waals surface area contributed by atoms with Crippen LogP contribution in [0, 0.1) is 6.92 Å². The van der Waals surface area contributed by atoms with Gasteiger partial charge in [-0.25, -0.2) is 0 Å². The molecule has 3 rings (SSSR count). The van der Waals surface area contributed by atoms with E-state index in [0.29, 0.717) is 22.8 Å². The van der Waals surface area contributed by atoms with Crippen LogP contribution in [0.4, 0.5) is 5.69 Å². The van der Waals surface area contributed by atoms with Crippen molar-refractivity contribution in [3.05, 3.63) is 83.4 Å². The second kappa shape index (κ2) is 8.95. The van der Waals surface area contributed by atoms with Gasteiger partial charge in [-0.15, -0.1) is 0 Å². The molecule has 0 aromatic heterocycles. The van der Waals surface area contributed by atoms with Gasteiger partial charge in [-0.1, -0.05) is 30.3 Å². The van der Waals surface area contributed by atoms with E-state index in [9.17, 15) is 4.79 Å². The van der Waals surface area contributed by atoms with E-state index in [1.807, 2.05) is 55.5 Å². The zero-order valence-electron chi connectivity index (χ0n) is 16.2. The van der Waals surface area contributed by atoms with E-state index in [1.54, 1.807) is 32.4 Å². The number of hydrogen-bond donors (Lipinski definition) is 1. The second-order valence-electron chi connectivity index (χ2n) is 6.24. The molecule has 0 unspecified atom stereocenters. The third-order valence-electron chi connectivity index (χ3n) is 4.39. The minimum absolute atomic E-state index is 0.185. The Labute approximate surface area is 164 Å². The number of anilines is 1. The minimum atomic E-state index is -0.185. The maximum atomic E-state index is 12.7. The summed E-state index contributed by atoms with van der Waals surface area (Å²) < 4.78 is 16.6. The van der Waals surface area contributed by atoms with Crippen molar-refractivity contribution in [2.75, 3.05) is 19.5 Å². The molecule has 0 fully saturated rings. The molecular weight excluding hydrogens is 354 g/mol. The van der Waals surface area contributed by atoms with E-state index >= 15 is 0 Å². The summed E-state index contributed by atoms with van der Waals surface area (Å²) in [6, 6.07) is 20.4. The fraction of sp³-hybridized carbons (Fsp3) is 0.174. The lowest BCUT2D eigenvalue weighted by molar-refractivity contribution is 0.102. The highest BCUT2D eigenvalue weighted by atomic mass is 16.5. The lowest BCUT2D eigenvalue weighted by atomic mass is 10.1. The number of carbonyl (C=O) groups excluding carboxylic acids is 1. The molecule has 0 radical (unpaired) electrons. The van der Waals surface area contributed by atoms with Crippen LogP contribution in [0.5, 0.6) is 17.2 Å². The molecule has 0 aliphatic carbocycles. The molecule has 5 nitrogen and oxygen atoms in total. The van der Waals surface area contributed by atoms with Gasteiger partial charge in [0, 0.05) is 16.8 Å². The van der Waals surface area contributed by atoms with Crippen molar-refractivity contribution in [2.45, 2.75) is 13.5 Å². The number of benzene rings is 3. The van der Waals surface area contributed by atoms with Gasteiger partial charge >= 0.3 is 0 Å². The molecule has 0 bridgehead atoms. The average molecular weight is 377 g/mol. The number of aryl methyl sites for hydroxylation is 1. The maximum absolute atomic E-state index is 12.7. The van der Waals surface area contributed by atoms with Gasteiger partial charge in [0.1, 0.15) is 12.4 Å². The lowest BCUT2D eigenvalue weighted by Gasteiger charge is -2.14. The van der Waals surface area contributed by atoms with Gasteiger partial charge < -0.3 is 19.5 Å². The Hall–Kier alpha value is -3.47. The average Bonchev–Trinajstić information content (AvgIpc) is 2.73. The Morgan fingerprint density at radius 3 is 2.25 bits per heavy atom. The van der Waals surface area contributed by atoms with Gasteiger partial charge in [-0.2, -0.15) is 0 Å². The molecule has 3 aromatic rings. The molecule has 0 heterocycles. The van der Waals surface area contributed by atoms with Gasteiger partial charge in [0.2, 0.25) is 0 Å². The Kier molecular flexibility index (Phi) is 6.17. The number of rotatable bonds is 7. The van der Waals surface area contributed by atoms with Gasteiger partial charge in [-0.3, -0.25) is 4.79 Å². The van der Waals surface area contributed by atoms with Crippen LogP contribution < -0.4 is 19.5 Å².